The zero-order valence-electron chi connectivity index (χ0n) is 8.27. The zero-order valence-corrected chi connectivity index (χ0v) is 9.78. The first-order valence-electron chi connectivity index (χ1n) is 4.40. The van der Waals surface area contributed by atoms with Gasteiger partial charge in [-0.15, -0.1) is 0 Å². The predicted octanol–water partition coefficient (Wildman–Crippen LogP) is 3.16. The zero-order chi connectivity index (χ0) is 10.5. The lowest BCUT2D eigenvalue weighted by molar-refractivity contribution is -0.141. The highest BCUT2D eigenvalue weighted by Crippen LogP contribution is 2.31. The number of halogens is 2. The summed E-state index contributed by atoms with van der Waals surface area (Å²) in [6.07, 6.45) is 2.51. The minimum Gasteiger partial charge on any atom is -0.467 e. The number of carbonyl (C=O) groups is 1. The fraction of sp³-hybridized carbons (Fsp3) is 0.889. The van der Waals surface area contributed by atoms with Gasteiger partial charge in [0.15, 0.2) is 0 Å². The Morgan fingerprint density at radius 1 is 1.54 bits per heavy atom. The third-order valence-electron chi connectivity index (χ3n) is 1.87. The van der Waals surface area contributed by atoms with Crippen molar-refractivity contribution in [2.75, 3.05) is 7.11 Å². The number of esters is 1. The van der Waals surface area contributed by atoms with Gasteiger partial charge in [-0.25, -0.2) is 4.79 Å². The fourth-order valence-corrected chi connectivity index (χ4v) is 1.95. The average molecular weight is 227 g/mol. The Morgan fingerprint density at radius 2 is 2.08 bits per heavy atom. The van der Waals surface area contributed by atoms with Crippen molar-refractivity contribution in [3.05, 3.63) is 0 Å². The summed E-state index contributed by atoms with van der Waals surface area (Å²) >= 11 is 11.6. The maximum absolute atomic E-state index is 11.1. The molecular weight excluding hydrogens is 211 g/mol. The van der Waals surface area contributed by atoms with Crippen molar-refractivity contribution in [2.24, 2.45) is 5.92 Å². The molecule has 4 heteroatoms. The second kappa shape index (κ2) is 5.71. The smallest absolute Gasteiger partial charge is 0.342 e. The highest BCUT2D eigenvalue weighted by molar-refractivity contribution is 6.57. The van der Waals surface area contributed by atoms with Crippen LogP contribution >= 0.6 is 23.2 Å². The second-order valence-electron chi connectivity index (χ2n) is 3.29. The lowest BCUT2D eigenvalue weighted by Crippen LogP contribution is -2.29. The second-order valence-corrected chi connectivity index (χ2v) is 4.78. The van der Waals surface area contributed by atoms with E-state index in [9.17, 15) is 4.79 Å². The van der Waals surface area contributed by atoms with E-state index in [1.807, 2.05) is 6.92 Å². The van der Waals surface area contributed by atoms with E-state index in [0.29, 0.717) is 12.3 Å². The summed E-state index contributed by atoms with van der Waals surface area (Å²) in [7, 11) is 1.28. The normalized spacial score (nSPS) is 13.9. The van der Waals surface area contributed by atoms with E-state index in [1.54, 1.807) is 0 Å². The van der Waals surface area contributed by atoms with Crippen molar-refractivity contribution in [1.29, 1.82) is 0 Å². The van der Waals surface area contributed by atoms with Gasteiger partial charge in [-0.2, -0.15) is 0 Å². The molecule has 0 saturated heterocycles. The van der Waals surface area contributed by atoms with E-state index in [-0.39, 0.29) is 0 Å². The molecule has 0 aromatic rings. The van der Waals surface area contributed by atoms with Crippen LogP contribution in [0, 0.1) is 5.92 Å². The quantitative estimate of drug-likeness (QED) is 0.532. The van der Waals surface area contributed by atoms with Crippen LogP contribution < -0.4 is 0 Å². The van der Waals surface area contributed by atoms with Crippen LogP contribution in [0.4, 0.5) is 0 Å². The maximum atomic E-state index is 11.1. The number of carbonyl (C=O) groups excluding carboxylic acids is 1. The molecule has 0 heterocycles. The lowest BCUT2D eigenvalue weighted by Gasteiger charge is -2.20. The van der Waals surface area contributed by atoms with Crippen molar-refractivity contribution in [1.82, 2.24) is 0 Å². The molecule has 78 valence electrons. The third kappa shape index (κ3) is 4.72. The molecule has 0 aromatic carbocycles. The number of methoxy groups -OCH3 is 1. The van der Waals surface area contributed by atoms with Crippen molar-refractivity contribution < 1.29 is 9.53 Å². The first-order chi connectivity index (χ1) is 5.94. The minimum absolute atomic E-state index is 0.332. The Bertz CT molecular complexity index is 169. The highest BCUT2D eigenvalue weighted by Gasteiger charge is 2.36. The monoisotopic (exact) mass is 226 g/mol. The third-order valence-corrected chi connectivity index (χ3v) is 2.49. The van der Waals surface area contributed by atoms with Crippen LogP contribution in [-0.2, 0) is 9.53 Å². The summed E-state index contributed by atoms with van der Waals surface area (Å²) in [5.41, 5.74) is 0. The van der Waals surface area contributed by atoms with Crippen molar-refractivity contribution in [3.8, 4) is 0 Å². The molecule has 0 bridgehead atoms. The van der Waals surface area contributed by atoms with Crippen LogP contribution in [0.3, 0.4) is 0 Å². The molecular formula is C9H16Cl2O2. The molecule has 0 aliphatic carbocycles. The number of rotatable bonds is 5. The Hall–Kier alpha value is 0.0500. The first kappa shape index (κ1) is 13.1. The summed E-state index contributed by atoms with van der Waals surface area (Å²) in [4.78, 5) is 11.1. The number of alkyl halides is 2. The molecule has 1 unspecified atom stereocenters. The van der Waals surface area contributed by atoms with E-state index in [4.69, 9.17) is 23.2 Å². The van der Waals surface area contributed by atoms with Gasteiger partial charge in [0.2, 0.25) is 4.33 Å². The van der Waals surface area contributed by atoms with Gasteiger partial charge in [0, 0.05) is 0 Å². The van der Waals surface area contributed by atoms with Gasteiger partial charge in [0.05, 0.1) is 7.11 Å². The van der Waals surface area contributed by atoms with Gasteiger partial charge >= 0.3 is 5.97 Å². The molecule has 0 amide bonds. The van der Waals surface area contributed by atoms with E-state index in [2.05, 4.69) is 11.7 Å². The van der Waals surface area contributed by atoms with E-state index in [1.165, 1.54) is 7.11 Å². The summed E-state index contributed by atoms with van der Waals surface area (Å²) in [5, 5.41) is 0. The van der Waals surface area contributed by atoms with Gasteiger partial charge < -0.3 is 4.74 Å². The van der Waals surface area contributed by atoms with Crippen LogP contribution in [0.2, 0.25) is 0 Å². The molecule has 13 heavy (non-hydrogen) atoms. The molecule has 0 aliphatic heterocycles. The van der Waals surface area contributed by atoms with Crippen LogP contribution in [0.15, 0.2) is 0 Å². The first-order valence-corrected chi connectivity index (χ1v) is 5.15. The SMILES string of the molecule is CCCC(C)CC(Cl)(Cl)C(=O)OC. The molecule has 0 radical (unpaired) electrons. The topological polar surface area (TPSA) is 26.3 Å². The Kier molecular flexibility index (Phi) is 5.73. The number of ether oxygens (including phenoxy) is 1. The molecule has 0 aromatic heterocycles. The van der Waals surface area contributed by atoms with Crippen molar-refractivity contribution >= 4 is 29.2 Å². The summed E-state index contributed by atoms with van der Waals surface area (Å²) < 4.78 is 3.11. The molecule has 1 atom stereocenters. The van der Waals surface area contributed by atoms with Gasteiger partial charge in [0.25, 0.3) is 0 Å². The van der Waals surface area contributed by atoms with Crippen LogP contribution in [0.1, 0.15) is 33.1 Å². The van der Waals surface area contributed by atoms with E-state index in [0.717, 1.165) is 12.8 Å². The Morgan fingerprint density at radius 3 is 2.46 bits per heavy atom. The standard InChI is InChI=1S/C9H16Cl2O2/c1-4-5-7(2)6-9(10,11)8(12)13-3/h7H,4-6H2,1-3H3. The van der Waals surface area contributed by atoms with Gasteiger partial charge in [0.1, 0.15) is 0 Å². The molecule has 0 spiro atoms. The highest BCUT2D eigenvalue weighted by atomic mass is 35.5. The van der Waals surface area contributed by atoms with Gasteiger partial charge in [-0.1, -0.05) is 49.9 Å². The molecule has 0 saturated carbocycles. The number of hydrogen-bond donors (Lipinski definition) is 0. The Labute approximate surface area is 89.5 Å². The van der Waals surface area contributed by atoms with Crippen molar-refractivity contribution in [2.45, 2.75) is 37.4 Å². The summed E-state index contributed by atoms with van der Waals surface area (Å²) in [5.74, 6) is -0.238. The molecule has 0 fully saturated rings. The van der Waals surface area contributed by atoms with Crippen LogP contribution in [-0.4, -0.2) is 17.4 Å². The molecule has 0 aliphatic rings. The van der Waals surface area contributed by atoms with E-state index >= 15 is 0 Å². The van der Waals surface area contributed by atoms with Crippen molar-refractivity contribution in [3.63, 3.8) is 0 Å². The minimum atomic E-state index is -1.39. The van der Waals surface area contributed by atoms with Crippen LogP contribution in [0.25, 0.3) is 0 Å². The largest absolute Gasteiger partial charge is 0.467 e. The van der Waals surface area contributed by atoms with Gasteiger partial charge in [-0.3, -0.25) is 0 Å². The molecule has 2 nitrogen and oxygen atoms in total. The molecule has 0 N–H and O–H groups in total. The van der Waals surface area contributed by atoms with Gasteiger partial charge in [-0.05, 0) is 12.3 Å². The van der Waals surface area contributed by atoms with Crippen LogP contribution in [0.5, 0.6) is 0 Å². The Balaban J connectivity index is 4.07. The van der Waals surface area contributed by atoms with E-state index < -0.39 is 10.3 Å². The summed E-state index contributed by atoms with van der Waals surface area (Å²) in [6, 6.07) is 0. The number of hydrogen-bond acceptors (Lipinski definition) is 2. The maximum Gasteiger partial charge on any atom is 0.342 e. The lowest BCUT2D eigenvalue weighted by atomic mass is 10.00. The fourth-order valence-electron chi connectivity index (χ4n) is 1.27. The predicted molar refractivity (Wildman–Crippen MR) is 55.1 cm³/mol. The summed E-state index contributed by atoms with van der Waals surface area (Å²) in [6.45, 7) is 4.10. The molecule has 0 rings (SSSR count). The average Bonchev–Trinajstić information content (AvgIpc) is 2.02.